The molecule has 2 N–H and O–H groups in total. The van der Waals surface area contributed by atoms with Crippen LogP contribution >= 0.6 is 11.6 Å². The van der Waals surface area contributed by atoms with Crippen molar-refractivity contribution in [3.8, 4) is 0 Å². The Balaban J connectivity index is 1.84. The lowest BCUT2D eigenvalue weighted by atomic mass is 10.2. The molecule has 0 unspecified atom stereocenters. The number of anilines is 1. The van der Waals surface area contributed by atoms with Gasteiger partial charge in [0.1, 0.15) is 18.5 Å². The van der Waals surface area contributed by atoms with Gasteiger partial charge in [-0.3, -0.25) is 14.2 Å². The molecule has 6 nitrogen and oxygen atoms in total. The van der Waals surface area contributed by atoms with Crippen molar-refractivity contribution < 1.29 is 4.79 Å². The van der Waals surface area contributed by atoms with E-state index in [1.165, 1.54) is 10.9 Å². The molecule has 0 atom stereocenters. The fourth-order valence-electron chi connectivity index (χ4n) is 2.37. The number of benzene rings is 1. The van der Waals surface area contributed by atoms with Crippen LogP contribution in [0, 0.1) is 13.8 Å². The second-order valence-electron chi connectivity index (χ2n) is 5.35. The van der Waals surface area contributed by atoms with Crippen molar-refractivity contribution in [1.29, 1.82) is 0 Å². The third-order valence-electron chi connectivity index (χ3n) is 3.60. The molecule has 1 aromatic carbocycles. The molecule has 0 aliphatic rings. The zero-order valence-electron chi connectivity index (χ0n) is 12.7. The molecule has 7 heteroatoms. The SMILES string of the molecule is Cc1cc2c(=O)n(CC(=O)Nc3cccc(Cl)c3C)cnc2[nH]1. The van der Waals surface area contributed by atoms with Crippen LogP contribution in [-0.4, -0.2) is 20.4 Å². The number of rotatable bonds is 3. The predicted molar refractivity (Wildman–Crippen MR) is 89.9 cm³/mol. The molecule has 3 aromatic rings. The van der Waals surface area contributed by atoms with E-state index in [0.717, 1.165) is 11.3 Å². The number of aromatic nitrogens is 3. The van der Waals surface area contributed by atoms with E-state index in [1.54, 1.807) is 24.3 Å². The quantitative estimate of drug-likeness (QED) is 0.774. The highest BCUT2D eigenvalue weighted by molar-refractivity contribution is 6.31. The highest BCUT2D eigenvalue weighted by Crippen LogP contribution is 2.22. The maximum atomic E-state index is 12.4. The van der Waals surface area contributed by atoms with Gasteiger partial charge in [0.25, 0.3) is 5.56 Å². The van der Waals surface area contributed by atoms with E-state index in [0.29, 0.717) is 21.7 Å². The summed E-state index contributed by atoms with van der Waals surface area (Å²) in [5.41, 5.74) is 2.53. The Morgan fingerprint density at radius 2 is 2.17 bits per heavy atom. The minimum absolute atomic E-state index is 0.113. The normalized spacial score (nSPS) is 10.9. The van der Waals surface area contributed by atoms with Crippen LogP contribution in [0.5, 0.6) is 0 Å². The first kappa shape index (κ1) is 15.3. The van der Waals surface area contributed by atoms with Gasteiger partial charge in [-0.15, -0.1) is 0 Å². The van der Waals surface area contributed by atoms with Crippen molar-refractivity contribution in [3.63, 3.8) is 0 Å². The number of hydrogen-bond acceptors (Lipinski definition) is 3. The third kappa shape index (κ3) is 2.98. The van der Waals surface area contributed by atoms with Crippen LogP contribution in [0.25, 0.3) is 11.0 Å². The first-order valence-corrected chi connectivity index (χ1v) is 7.43. The second-order valence-corrected chi connectivity index (χ2v) is 5.76. The lowest BCUT2D eigenvalue weighted by Gasteiger charge is -2.10. The summed E-state index contributed by atoms with van der Waals surface area (Å²) in [7, 11) is 0. The highest BCUT2D eigenvalue weighted by Gasteiger charge is 2.11. The molecule has 0 aliphatic carbocycles. The molecule has 2 aromatic heterocycles. The smallest absolute Gasteiger partial charge is 0.263 e. The van der Waals surface area contributed by atoms with Crippen molar-refractivity contribution >= 4 is 34.2 Å². The fraction of sp³-hybridized carbons (Fsp3) is 0.188. The Morgan fingerprint density at radius 1 is 1.39 bits per heavy atom. The molecule has 0 spiro atoms. The summed E-state index contributed by atoms with van der Waals surface area (Å²) in [6.07, 6.45) is 1.37. The monoisotopic (exact) mass is 330 g/mol. The van der Waals surface area contributed by atoms with Crippen LogP contribution < -0.4 is 10.9 Å². The number of nitrogens with zero attached hydrogens (tertiary/aromatic N) is 2. The lowest BCUT2D eigenvalue weighted by molar-refractivity contribution is -0.116. The molecule has 0 radical (unpaired) electrons. The van der Waals surface area contributed by atoms with Gasteiger partial charge >= 0.3 is 0 Å². The number of carbonyl (C=O) groups is 1. The van der Waals surface area contributed by atoms with Gasteiger partial charge in [-0.2, -0.15) is 0 Å². The number of amides is 1. The number of hydrogen-bond donors (Lipinski definition) is 2. The first-order chi connectivity index (χ1) is 11.0. The number of halogens is 1. The Morgan fingerprint density at radius 3 is 2.96 bits per heavy atom. The molecule has 0 saturated heterocycles. The van der Waals surface area contributed by atoms with Crippen molar-refractivity contribution in [3.05, 3.63) is 57.2 Å². The Hall–Kier alpha value is -2.60. The molecule has 1 amide bonds. The number of fused-ring (bicyclic) bond motifs is 1. The Labute approximate surface area is 137 Å². The van der Waals surface area contributed by atoms with E-state index in [4.69, 9.17) is 11.6 Å². The number of aryl methyl sites for hydroxylation is 1. The van der Waals surface area contributed by atoms with Crippen molar-refractivity contribution in [1.82, 2.24) is 14.5 Å². The summed E-state index contributed by atoms with van der Waals surface area (Å²) in [4.78, 5) is 31.7. The van der Waals surface area contributed by atoms with Crippen LogP contribution in [0.15, 0.2) is 35.4 Å². The van der Waals surface area contributed by atoms with Crippen LogP contribution in [0.2, 0.25) is 5.02 Å². The Kier molecular flexibility index (Phi) is 3.92. The average Bonchev–Trinajstić information content (AvgIpc) is 2.88. The molecule has 0 bridgehead atoms. The molecule has 0 aliphatic heterocycles. The second kappa shape index (κ2) is 5.89. The van der Waals surface area contributed by atoms with E-state index in [-0.39, 0.29) is 18.0 Å². The van der Waals surface area contributed by atoms with E-state index in [1.807, 2.05) is 13.8 Å². The van der Waals surface area contributed by atoms with Crippen LogP contribution in [0.4, 0.5) is 5.69 Å². The van der Waals surface area contributed by atoms with E-state index >= 15 is 0 Å². The van der Waals surface area contributed by atoms with Gasteiger partial charge in [0.05, 0.1) is 5.39 Å². The minimum Gasteiger partial charge on any atom is -0.343 e. The van der Waals surface area contributed by atoms with Crippen LogP contribution in [0.1, 0.15) is 11.3 Å². The molecule has 0 fully saturated rings. The topological polar surface area (TPSA) is 79.8 Å². The van der Waals surface area contributed by atoms with E-state index in [2.05, 4.69) is 15.3 Å². The zero-order valence-corrected chi connectivity index (χ0v) is 13.4. The Bertz CT molecular complexity index is 958. The molecular formula is C16H15ClN4O2. The van der Waals surface area contributed by atoms with Gasteiger partial charge in [0.15, 0.2) is 0 Å². The maximum absolute atomic E-state index is 12.4. The van der Waals surface area contributed by atoms with Crippen molar-refractivity contribution in [2.24, 2.45) is 0 Å². The predicted octanol–water partition coefficient (Wildman–Crippen LogP) is 2.63. The molecule has 0 saturated carbocycles. The third-order valence-corrected chi connectivity index (χ3v) is 4.01. The van der Waals surface area contributed by atoms with Gasteiger partial charge in [-0.05, 0) is 37.6 Å². The van der Waals surface area contributed by atoms with Crippen molar-refractivity contribution in [2.75, 3.05) is 5.32 Å². The van der Waals surface area contributed by atoms with Crippen LogP contribution in [-0.2, 0) is 11.3 Å². The minimum atomic E-state index is -0.314. The summed E-state index contributed by atoms with van der Waals surface area (Å²) in [6, 6.07) is 7.00. The molecular weight excluding hydrogens is 316 g/mol. The van der Waals surface area contributed by atoms with Gasteiger partial charge in [0.2, 0.25) is 5.91 Å². The molecule has 3 rings (SSSR count). The standard InChI is InChI=1S/C16H15ClN4O2/c1-9-6-11-15(19-9)18-8-21(16(11)23)7-14(22)20-13-5-3-4-12(17)10(13)2/h3-6,8,19H,7H2,1-2H3,(H,20,22). The van der Waals surface area contributed by atoms with Crippen LogP contribution in [0.3, 0.4) is 0 Å². The molecule has 2 heterocycles. The van der Waals surface area contributed by atoms with Gasteiger partial charge < -0.3 is 10.3 Å². The summed E-state index contributed by atoms with van der Waals surface area (Å²) in [5.74, 6) is -0.314. The van der Waals surface area contributed by atoms with E-state index in [9.17, 15) is 9.59 Å². The summed E-state index contributed by atoms with van der Waals surface area (Å²) in [6.45, 7) is 3.55. The number of H-pyrrole nitrogens is 1. The number of nitrogens with one attached hydrogen (secondary N) is 2. The largest absolute Gasteiger partial charge is 0.343 e. The summed E-state index contributed by atoms with van der Waals surface area (Å²) >= 11 is 6.03. The molecule has 118 valence electrons. The van der Waals surface area contributed by atoms with Gasteiger partial charge in [-0.25, -0.2) is 4.98 Å². The fourth-order valence-corrected chi connectivity index (χ4v) is 2.55. The molecule has 23 heavy (non-hydrogen) atoms. The highest BCUT2D eigenvalue weighted by atomic mass is 35.5. The number of aromatic amines is 1. The van der Waals surface area contributed by atoms with E-state index < -0.39 is 0 Å². The lowest BCUT2D eigenvalue weighted by Crippen LogP contribution is -2.27. The van der Waals surface area contributed by atoms with Gasteiger partial charge in [-0.1, -0.05) is 17.7 Å². The maximum Gasteiger partial charge on any atom is 0.263 e. The first-order valence-electron chi connectivity index (χ1n) is 7.05. The zero-order chi connectivity index (χ0) is 16.6. The average molecular weight is 331 g/mol. The van der Waals surface area contributed by atoms with Crippen molar-refractivity contribution in [2.45, 2.75) is 20.4 Å². The summed E-state index contributed by atoms with van der Waals surface area (Å²) in [5, 5.41) is 3.81. The number of carbonyl (C=O) groups excluding carboxylic acids is 1. The summed E-state index contributed by atoms with van der Waals surface area (Å²) < 4.78 is 1.28. The van der Waals surface area contributed by atoms with Gasteiger partial charge in [0, 0.05) is 16.4 Å².